The summed E-state index contributed by atoms with van der Waals surface area (Å²) >= 11 is 0. The van der Waals surface area contributed by atoms with Crippen LogP contribution in [0.25, 0.3) is 0 Å². The van der Waals surface area contributed by atoms with E-state index >= 15 is 0 Å². The van der Waals surface area contributed by atoms with Crippen molar-refractivity contribution < 1.29 is 4.74 Å². The van der Waals surface area contributed by atoms with Gasteiger partial charge < -0.3 is 10.5 Å². The van der Waals surface area contributed by atoms with Crippen LogP contribution in [0.3, 0.4) is 0 Å². The van der Waals surface area contributed by atoms with Gasteiger partial charge in [-0.3, -0.25) is 0 Å². The van der Waals surface area contributed by atoms with Crippen LogP contribution in [0.2, 0.25) is 0 Å². The normalized spacial score (nSPS) is 12.5. The largest absolute Gasteiger partial charge is 0.439 e. The molecule has 0 aliphatic carbocycles. The molecule has 0 spiro atoms. The van der Waals surface area contributed by atoms with Gasteiger partial charge in [0.2, 0.25) is 5.88 Å². The van der Waals surface area contributed by atoms with Crippen LogP contribution >= 0.6 is 0 Å². The molecule has 0 unspecified atom stereocenters. The van der Waals surface area contributed by atoms with Crippen molar-refractivity contribution in [3.8, 4) is 11.6 Å². The third-order valence-corrected chi connectivity index (χ3v) is 3.03. The summed E-state index contributed by atoms with van der Waals surface area (Å²) in [4.78, 5) is 4.27. The molecule has 2 N–H and O–H groups in total. The summed E-state index contributed by atoms with van der Waals surface area (Å²) in [6, 6.07) is 11.8. The highest BCUT2D eigenvalue weighted by Gasteiger charge is 2.10. The molecule has 0 radical (unpaired) electrons. The van der Waals surface area contributed by atoms with Gasteiger partial charge in [0.1, 0.15) is 5.75 Å². The topological polar surface area (TPSA) is 48.1 Å². The monoisotopic (exact) mass is 256 g/mol. The van der Waals surface area contributed by atoms with Gasteiger partial charge in [0.25, 0.3) is 0 Å². The molecule has 0 saturated carbocycles. The van der Waals surface area contributed by atoms with Gasteiger partial charge in [-0.25, -0.2) is 4.98 Å². The summed E-state index contributed by atoms with van der Waals surface area (Å²) in [5.74, 6) is 1.85. The molecule has 1 heterocycles. The summed E-state index contributed by atoms with van der Waals surface area (Å²) in [5, 5.41) is 0. The molecule has 1 atom stereocenters. The Morgan fingerprint density at radius 3 is 2.58 bits per heavy atom. The third kappa shape index (κ3) is 3.32. The van der Waals surface area contributed by atoms with Gasteiger partial charge in [0, 0.05) is 17.8 Å². The number of pyridine rings is 1. The molecule has 1 aromatic carbocycles. The number of rotatable bonds is 4. The highest BCUT2D eigenvalue weighted by molar-refractivity contribution is 5.36. The highest BCUT2D eigenvalue weighted by Crippen LogP contribution is 2.28. The minimum atomic E-state index is -0.100. The summed E-state index contributed by atoms with van der Waals surface area (Å²) in [6.45, 7) is 6.24. The zero-order chi connectivity index (χ0) is 13.8. The highest BCUT2D eigenvalue weighted by atomic mass is 16.5. The van der Waals surface area contributed by atoms with Gasteiger partial charge in [-0.2, -0.15) is 0 Å². The van der Waals surface area contributed by atoms with Gasteiger partial charge in [-0.05, 0) is 36.6 Å². The molecule has 2 rings (SSSR count). The smallest absolute Gasteiger partial charge is 0.223 e. The Bertz CT molecular complexity index is 550. The molecule has 0 bridgehead atoms. The first-order valence-corrected chi connectivity index (χ1v) is 6.56. The Morgan fingerprint density at radius 2 is 1.89 bits per heavy atom. The fourth-order valence-electron chi connectivity index (χ4n) is 1.88. The minimum absolute atomic E-state index is 0.100. The lowest BCUT2D eigenvalue weighted by molar-refractivity contribution is 0.451. The predicted octanol–water partition coefficient (Wildman–Crippen LogP) is 4.02. The van der Waals surface area contributed by atoms with E-state index in [-0.39, 0.29) is 6.04 Å². The second-order valence-corrected chi connectivity index (χ2v) is 5.02. The zero-order valence-electron chi connectivity index (χ0n) is 11.6. The van der Waals surface area contributed by atoms with E-state index in [1.807, 2.05) is 37.3 Å². The molecule has 3 heteroatoms. The van der Waals surface area contributed by atoms with E-state index in [1.54, 1.807) is 6.20 Å². The van der Waals surface area contributed by atoms with Crippen LogP contribution < -0.4 is 10.5 Å². The van der Waals surface area contributed by atoms with Gasteiger partial charge in [0.05, 0.1) is 0 Å². The second-order valence-electron chi connectivity index (χ2n) is 5.02. The molecule has 3 nitrogen and oxygen atoms in total. The van der Waals surface area contributed by atoms with Crippen molar-refractivity contribution >= 4 is 0 Å². The van der Waals surface area contributed by atoms with Crippen molar-refractivity contribution in [1.29, 1.82) is 0 Å². The van der Waals surface area contributed by atoms with Gasteiger partial charge in [-0.1, -0.05) is 32.0 Å². The van der Waals surface area contributed by atoms with Crippen molar-refractivity contribution in [3.63, 3.8) is 0 Å². The Labute approximate surface area is 114 Å². The predicted molar refractivity (Wildman–Crippen MR) is 77.4 cm³/mol. The maximum atomic E-state index is 5.93. The average Bonchev–Trinajstić information content (AvgIpc) is 2.39. The maximum absolute atomic E-state index is 5.93. The zero-order valence-corrected chi connectivity index (χ0v) is 11.6. The van der Waals surface area contributed by atoms with Gasteiger partial charge in [-0.15, -0.1) is 0 Å². The molecule has 0 aliphatic heterocycles. The maximum Gasteiger partial charge on any atom is 0.223 e. The summed E-state index contributed by atoms with van der Waals surface area (Å²) in [5.41, 5.74) is 8.09. The Kier molecular flexibility index (Phi) is 4.17. The first kappa shape index (κ1) is 13.6. The van der Waals surface area contributed by atoms with E-state index < -0.39 is 0 Å². The van der Waals surface area contributed by atoms with Crippen LogP contribution in [0.4, 0.5) is 0 Å². The molecule has 1 aromatic heterocycles. The first-order chi connectivity index (χ1) is 9.08. The number of hydrogen-bond acceptors (Lipinski definition) is 3. The van der Waals surface area contributed by atoms with E-state index in [2.05, 4.69) is 24.9 Å². The van der Waals surface area contributed by atoms with Gasteiger partial charge >= 0.3 is 0 Å². The molecule has 0 fully saturated rings. The van der Waals surface area contributed by atoms with E-state index in [0.717, 1.165) is 11.3 Å². The van der Waals surface area contributed by atoms with E-state index in [0.29, 0.717) is 11.8 Å². The molecule has 0 amide bonds. The van der Waals surface area contributed by atoms with Crippen molar-refractivity contribution in [2.45, 2.75) is 32.7 Å². The van der Waals surface area contributed by atoms with Crippen LogP contribution in [0.5, 0.6) is 11.6 Å². The molecule has 19 heavy (non-hydrogen) atoms. The van der Waals surface area contributed by atoms with E-state index in [4.69, 9.17) is 10.5 Å². The van der Waals surface area contributed by atoms with Crippen molar-refractivity contribution in [2.75, 3.05) is 0 Å². The lowest BCUT2D eigenvalue weighted by Crippen LogP contribution is -2.07. The lowest BCUT2D eigenvalue weighted by atomic mass is 10.0. The second kappa shape index (κ2) is 5.85. The minimum Gasteiger partial charge on any atom is -0.439 e. The number of hydrogen-bond donors (Lipinski definition) is 1. The summed E-state index contributed by atoms with van der Waals surface area (Å²) in [7, 11) is 0. The Hall–Kier alpha value is -1.87. The van der Waals surface area contributed by atoms with Crippen LogP contribution in [0, 0.1) is 0 Å². The van der Waals surface area contributed by atoms with E-state index in [1.165, 1.54) is 5.56 Å². The van der Waals surface area contributed by atoms with Gasteiger partial charge in [0.15, 0.2) is 0 Å². The SMILES string of the molecule is CC(C)c1cccc(Oc2ncccc2[C@@H](C)N)c1. The summed E-state index contributed by atoms with van der Waals surface area (Å²) in [6.07, 6.45) is 1.72. The quantitative estimate of drug-likeness (QED) is 0.898. The third-order valence-electron chi connectivity index (χ3n) is 3.03. The van der Waals surface area contributed by atoms with E-state index in [9.17, 15) is 0 Å². The van der Waals surface area contributed by atoms with Crippen molar-refractivity contribution in [1.82, 2.24) is 4.98 Å². The van der Waals surface area contributed by atoms with Crippen LogP contribution in [-0.2, 0) is 0 Å². The molecular formula is C16H20N2O. The fraction of sp³-hybridized carbons (Fsp3) is 0.312. The number of ether oxygens (including phenoxy) is 1. The first-order valence-electron chi connectivity index (χ1n) is 6.56. The Morgan fingerprint density at radius 1 is 1.11 bits per heavy atom. The Balaban J connectivity index is 2.29. The number of nitrogens with two attached hydrogens (primary N) is 1. The van der Waals surface area contributed by atoms with Crippen LogP contribution in [0.15, 0.2) is 42.6 Å². The molecule has 2 aromatic rings. The fourth-order valence-corrected chi connectivity index (χ4v) is 1.88. The standard InChI is InChI=1S/C16H20N2O/c1-11(2)13-6-4-7-14(10-13)19-16-15(12(3)17)8-5-9-18-16/h4-12H,17H2,1-3H3/t12-/m1/s1. The van der Waals surface area contributed by atoms with Crippen LogP contribution in [-0.4, -0.2) is 4.98 Å². The van der Waals surface area contributed by atoms with Crippen molar-refractivity contribution in [2.24, 2.45) is 5.73 Å². The lowest BCUT2D eigenvalue weighted by Gasteiger charge is -2.13. The van der Waals surface area contributed by atoms with Crippen LogP contribution in [0.1, 0.15) is 43.9 Å². The summed E-state index contributed by atoms with van der Waals surface area (Å²) < 4.78 is 5.87. The number of aromatic nitrogens is 1. The average molecular weight is 256 g/mol. The number of benzene rings is 1. The number of nitrogens with zero attached hydrogens (tertiary/aromatic N) is 1. The van der Waals surface area contributed by atoms with Crippen molar-refractivity contribution in [3.05, 3.63) is 53.7 Å². The molecule has 100 valence electrons. The molecular weight excluding hydrogens is 236 g/mol. The molecule has 0 saturated heterocycles. The molecule has 0 aliphatic rings.